The molecule has 3 rings (SSSR count). The number of hydrogen-bond donors (Lipinski definition) is 0. The first-order valence-corrected chi connectivity index (χ1v) is 4.24. The van der Waals surface area contributed by atoms with E-state index in [-0.39, 0.29) is 0 Å². The van der Waals surface area contributed by atoms with Crippen molar-refractivity contribution in [1.29, 1.82) is 0 Å². The summed E-state index contributed by atoms with van der Waals surface area (Å²) in [5, 5.41) is 0. The Labute approximate surface area is 61.6 Å². The quantitative estimate of drug-likeness (QED) is 0.475. The van der Waals surface area contributed by atoms with Crippen molar-refractivity contribution in [3.8, 4) is 0 Å². The van der Waals surface area contributed by atoms with Crippen LogP contribution in [0.1, 0.15) is 25.7 Å². The molecule has 0 nitrogen and oxygen atoms in total. The van der Waals surface area contributed by atoms with Gasteiger partial charge in [0.05, 0.1) is 0 Å². The molecule has 2 saturated carbocycles. The van der Waals surface area contributed by atoms with Gasteiger partial charge in [-0.1, -0.05) is 24.3 Å². The maximum absolute atomic E-state index is 2.44. The molecule has 0 heteroatoms. The Kier molecular flexibility index (Phi) is 0.647. The van der Waals surface area contributed by atoms with E-state index < -0.39 is 0 Å². The SMILES string of the molecule is C1=CC2(CC2)C2(C=C1)CC2. The van der Waals surface area contributed by atoms with Crippen molar-refractivity contribution in [2.24, 2.45) is 10.8 Å². The highest BCUT2D eigenvalue weighted by atomic mass is 14.7. The van der Waals surface area contributed by atoms with Crippen molar-refractivity contribution in [3.63, 3.8) is 0 Å². The molecule has 0 aromatic carbocycles. The summed E-state index contributed by atoms with van der Waals surface area (Å²) in [6, 6.07) is 0. The molecular formula is C10H12. The van der Waals surface area contributed by atoms with Crippen molar-refractivity contribution in [2.45, 2.75) is 25.7 Å². The van der Waals surface area contributed by atoms with Crippen LogP contribution in [0.2, 0.25) is 0 Å². The van der Waals surface area contributed by atoms with Gasteiger partial charge in [0.1, 0.15) is 0 Å². The molecule has 52 valence electrons. The van der Waals surface area contributed by atoms with Crippen molar-refractivity contribution < 1.29 is 0 Å². The molecule has 0 unspecified atom stereocenters. The summed E-state index contributed by atoms with van der Waals surface area (Å²) >= 11 is 0. The summed E-state index contributed by atoms with van der Waals surface area (Å²) in [7, 11) is 0. The molecule has 0 radical (unpaired) electrons. The molecule has 0 atom stereocenters. The highest BCUT2D eigenvalue weighted by Crippen LogP contribution is 2.72. The van der Waals surface area contributed by atoms with Crippen molar-refractivity contribution in [2.75, 3.05) is 0 Å². The fourth-order valence-electron chi connectivity index (χ4n) is 2.41. The third kappa shape index (κ3) is 0.416. The Morgan fingerprint density at radius 2 is 1.10 bits per heavy atom. The molecule has 0 saturated heterocycles. The average molecular weight is 132 g/mol. The first kappa shape index (κ1) is 5.17. The summed E-state index contributed by atoms with van der Waals surface area (Å²) in [5.41, 5.74) is 1.34. The van der Waals surface area contributed by atoms with Gasteiger partial charge in [0.15, 0.2) is 0 Å². The van der Waals surface area contributed by atoms with Gasteiger partial charge in [-0.3, -0.25) is 0 Å². The van der Waals surface area contributed by atoms with Crippen LogP contribution in [-0.4, -0.2) is 0 Å². The van der Waals surface area contributed by atoms with Crippen molar-refractivity contribution >= 4 is 0 Å². The van der Waals surface area contributed by atoms with Crippen LogP contribution in [0.25, 0.3) is 0 Å². The lowest BCUT2D eigenvalue weighted by Crippen LogP contribution is -2.13. The molecular weight excluding hydrogens is 120 g/mol. The molecule has 0 amide bonds. The number of hydrogen-bond acceptors (Lipinski definition) is 0. The zero-order chi connectivity index (χ0) is 6.66. The van der Waals surface area contributed by atoms with Crippen LogP contribution in [0, 0.1) is 10.8 Å². The first-order valence-electron chi connectivity index (χ1n) is 4.24. The molecule has 0 N–H and O–H groups in total. The summed E-state index contributed by atoms with van der Waals surface area (Å²) in [4.78, 5) is 0. The van der Waals surface area contributed by atoms with Crippen molar-refractivity contribution in [1.82, 2.24) is 0 Å². The van der Waals surface area contributed by atoms with E-state index >= 15 is 0 Å². The van der Waals surface area contributed by atoms with Gasteiger partial charge in [-0.25, -0.2) is 0 Å². The van der Waals surface area contributed by atoms with Crippen LogP contribution in [0.3, 0.4) is 0 Å². The summed E-state index contributed by atoms with van der Waals surface area (Å²) in [6.45, 7) is 0. The van der Waals surface area contributed by atoms with Crippen LogP contribution >= 0.6 is 0 Å². The van der Waals surface area contributed by atoms with E-state index in [2.05, 4.69) is 24.3 Å². The second-order valence-corrected chi connectivity index (χ2v) is 4.03. The fraction of sp³-hybridized carbons (Fsp3) is 0.600. The second-order valence-electron chi connectivity index (χ2n) is 4.03. The minimum absolute atomic E-state index is 0.668. The van der Waals surface area contributed by atoms with Gasteiger partial charge in [0, 0.05) is 0 Å². The molecule has 2 spiro atoms. The molecule has 0 bridgehead atoms. The number of fused-ring (bicyclic) bond motifs is 1. The van der Waals surface area contributed by atoms with Crippen LogP contribution in [0.4, 0.5) is 0 Å². The minimum Gasteiger partial charge on any atom is -0.0774 e. The van der Waals surface area contributed by atoms with Crippen LogP contribution in [0.5, 0.6) is 0 Å². The van der Waals surface area contributed by atoms with E-state index in [1.807, 2.05) is 0 Å². The molecule has 0 aromatic rings. The zero-order valence-corrected chi connectivity index (χ0v) is 6.14. The van der Waals surface area contributed by atoms with Gasteiger partial charge in [0.2, 0.25) is 0 Å². The molecule has 3 aliphatic carbocycles. The Morgan fingerprint density at radius 3 is 1.40 bits per heavy atom. The largest absolute Gasteiger partial charge is 0.0774 e. The summed E-state index contributed by atoms with van der Waals surface area (Å²) in [6.07, 6.45) is 15.2. The predicted octanol–water partition coefficient (Wildman–Crippen LogP) is 2.67. The molecule has 0 aromatic heterocycles. The smallest absolute Gasteiger partial charge is 0.00234 e. The fourth-order valence-corrected chi connectivity index (χ4v) is 2.41. The highest BCUT2D eigenvalue weighted by Gasteiger charge is 2.62. The third-order valence-electron chi connectivity index (χ3n) is 3.51. The van der Waals surface area contributed by atoms with E-state index in [0.717, 1.165) is 0 Å². The van der Waals surface area contributed by atoms with Gasteiger partial charge < -0.3 is 0 Å². The van der Waals surface area contributed by atoms with Crippen LogP contribution < -0.4 is 0 Å². The van der Waals surface area contributed by atoms with Crippen LogP contribution in [-0.2, 0) is 0 Å². The standard InChI is InChI=1S/C10H12/c1-2-4-10(7-8-10)9(3-1)5-6-9/h1-4H,5-8H2. The third-order valence-corrected chi connectivity index (χ3v) is 3.51. The Balaban J connectivity index is 2.08. The van der Waals surface area contributed by atoms with E-state index in [0.29, 0.717) is 10.8 Å². The maximum Gasteiger partial charge on any atom is -0.00234 e. The molecule has 0 aliphatic heterocycles. The monoisotopic (exact) mass is 132 g/mol. The maximum atomic E-state index is 2.44. The average Bonchev–Trinajstić information content (AvgIpc) is 2.72. The topological polar surface area (TPSA) is 0 Å². The molecule has 3 aliphatic rings. The van der Waals surface area contributed by atoms with E-state index in [9.17, 15) is 0 Å². The predicted molar refractivity (Wildman–Crippen MR) is 41.6 cm³/mol. The number of allylic oxidation sites excluding steroid dienone is 4. The number of rotatable bonds is 0. The molecule has 0 heterocycles. The van der Waals surface area contributed by atoms with E-state index in [1.54, 1.807) is 0 Å². The summed E-state index contributed by atoms with van der Waals surface area (Å²) < 4.78 is 0. The molecule has 2 fully saturated rings. The van der Waals surface area contributed by atoms with Gasteiger partial charge >= 0.3 is 0 Å². The van der Waals surface area contributed by atoms with Gasteiger partial charge in [-0.05, 0) is 36.5 Å². The van der Waals surface area contributed by atoms with E-state index in [4.69, 9.17) is 0 Å². The van der Waals surface area contributed by atoms with E-state index in [1.165, 1.54) is 25.7 Å². The van der Waals surface area contributed by atoms with Gasteiger partial charge in [-0.15, -0.1) is 0 Å². The van der Waals surface area contributed by atoms with Crippen LogP contribution in [0.15, 0.2) is 24.3 Å². The first-order chi connectivity index (χ1) is 4.87. The zero-order valence-electron chi connectivity index (χ0n) is 6.14. The van der Waals surface area contributed by atoms with Crippen molar-refractivity contribution in [3.05, 3.63) is 24.3 Å². The normalized spacial score (nSPS) is 35.2. The summed E-state index contributed by atoms with van der Waals surface area (Å²) in [5.74, 6) is 0. The van der Waals surface area contributed by atoms with Gasteiger partial charge in [0.25, 0.3) is 0 Å². The second kappa shape index (κ2) is 1.25. The Bertz CT molecular complexity index is 198. The lowest BCUT2D eigenvalue weighted by atomic mass is 9.82. The highest BCUT2D eigenvalue weighted by molar-refractivity contribution is 5.35. The van der Waals surface area contributed by atoms with Gasteiger partial charge in [-0.2, -0.15) is 0 Å². The lowest BCUT2D eigenvalue weighted by Gasteiger charge is -2.22. The Morgan fingerprint density at radius 1 is 0.700 bits per heavy atom. The molecule has 10 heavy (non-hydrogen) atoms. The lowest BCUT2D eigenvalue weighted by molar-refractivity contribution is 0.431. The minimum atomic E-state index is 0.668. The Hall–Kier alpha value is -0.520.